The normalized spacial score (nSPS) is 11.0. The van der Waals surface area contributed by atoms with Crippen molar-refractivity contribution in [1.29, 1.82) is 0 Å². The maximum absolute atomic E-state index is 5.48. The minimum atomic E-state index is 0.638. The smallest absolute Gasteiger partial charge is 0.101 e. The number of benzene rings is 1. The van der Waals surface area contributed by atoms with Gasteiger partial charge in [-0.05, 0) is 18.4 Å². The first-order chi connectivity index (χ1) is 8.36. The maximum Gasteiger partial charge on any atom is 0.101 e. The van der Waals surface area contributed by atoms with Crippen molar-refractivity contribution in [3.63, 3.8) is 0 Å². The van der Waals surface area contributed by atoms with Gasteiger partial charge in [-0.2, -0.15) is 0 Å². The molecule has 0 aliphatic heterocycles. The standard InChI is InChI=1S/C13H23N4/c14-8-10-16-13(17-11-9-15)7-6-12-4-2-1-3-5-12/h1-5,16-17H,6-11,14-15H2. The molecule has 0 aliphatic carbocycles. The van der Waals surface area contributed by atoms with Gasteiger partial charge in [0.25, 0.3) is 0 Å². The molecule has 0 heterocycles. The van der Waals surface area contributed by atoms with Gasteiger partial charge in [-0.1, -0.05) is 30.3 Å². The van der Waals surface area contributed by atoms with Gasteiger partial charge in [0.05, 0.1) is 0 Å². The topological polar surface area (TPSA) is 76.1 Å². The fraction of sp³-hybridized carbons (Fsp3) is 0.462. The van der Waals surface area contributed by atoms with E-state index in [1.165, 1.54) is 5.56 Å². The van der Waals surface area contributed by atoms with Crippen LogP contribution < -0.4 is 22.1 Å². The lowest BCUT2D eigenvalue weighted by Crippen LogP contribution is -2.39. The first-order valence-electron chi connectivity index (χ1n) is 6.14. The first kappa shape index (κ1) is 14.1. The summed E-state index contributed by atoms with van der Waals surface area (Å²) in [7, 11) is 0. The van der Waals surface area contributed by atoms with Gasteiger partial charge >= 0.3 is 0 Å². The zero-order chi connectivity index (χ0) is 12.3. The van der Waals surface area contributed by atoms with Crippen molar-refractivity contribution in [2.45, 2.75) is 12.8 Å². The second kappa shape index (κ2) is 9.13. The molecule has 17 heavy (non-hydrogen) atoms. The van der Waals surface area contributed by atoms with Crippen LogP contribution in [-0.4, -0.2) is 26.2 Å². The Hall–Kier alpha value is -0.940. The Morgan fingerprint density at radius 3 is 2.06 bits per heavy atom. The quantitative estimate of drug-likeness (QED) is 0.493. The Morgan fingerprint density at radius 1 is 0.941 bits per heavy atom. The number of nitrogens with one attached hydrogen (secondary N) is 2. The molecule has 0 aromatic heterocycles. The van der Waals surface area contributed by atoms with Crippen LogP contribution >= 0.6 is 0 Å². The highest BCUT2D eigenvalue weighted by Crippen LogP contribution is 2.07. The molecule has 1 aromatic carbocycles. The number of aryl methyl sites for hydroxylation is 1. The van der Waals surface area contributed by atoms with Crippen molar-refractivity contribution in [3.8, 4) is 0 Å². The van der Waals surface area contributed by atoms with Gasteiger partial charge in [-0.25, -0.2) is 0 Å². The van der Waals surface area contributed by atoms with E-state index in [2.05, 4.69) is 34.9 Å². The van der Waals surface area contributed by atoms with Crippen molar-refractivity contribution in [3.05, 3.63) is 42.1 Å². The fourth-order valence-corrected chi connectivity index (χ4v) is 1.60. The second-order valence-electron chi connectivity index (χ2n) is 3.90. The Kier molecular flexibility index (Phi) is 7.58. The van der Waals surface area contributed by atoms with Crippen LogP contribution in [0.15, 0.2) is 30.3 Å². The second-order valence-corrected chi connectivity index (χ2v) is 3.90. The Morgan fingerprint density at radius 2 is 1.53 bits per heavy atom. The van der Waals surface area contributed by atoms with Crippen molar-refractivity contribution in [2.75, 3.05) is 26.2 Å². The van der Waals surface area contributed by atoms with Crippen molar-refractivity contribution < 1.29 is 0 Å². The molecule has 4 nitrogen and oxygen atoms in total. The Balaban J connectivity index is 2.31. The summed E-state index contributed by atoms with van der Waals surface area (Å²) in [6.07, 6.45) is 3.11. The van der Waals surface area contributed by atoms with E-state index in [1.54, 1.807) is 0 Å². The van der Waals surface area contributed by atoms with Crippen molar-refractivity contribution in [2.24, 2.45) is 11.5 Å². The molecule has 0 spiro atoms. The molecular formula is C13H23N4. The third kappa shape index (κ3) is 6.38. The summed E-state index contributed by atoms with van der Waals surface area (Å²) < 4.78 is 0. The summed E-state index contributed by atoms with van der Waals surface area (Å²) in [6.45, 7) is 2.86. The lowest BCUT2D eigenvalue weighted by molar-refractivity contribution is 0.532. The van der Waals surface area contributed by atoms with E-state index in [9.17, 15) is 0 Å². The van der Waals surface area contributed by atoms with Crippen molar-refractivity contribution in [1.82, 2.24) is 10.6 Å². The number of rotatable bonds is 9. The van der Waals surface area contributed by atoms with Gasteiger partial charge in [0.15, 0.2) is 0 Å². The van der Waals surface area contributed by atoms with Gasteiger partial charge in [0, 0.05) is 26.2 Å². The average molecular weight is 235 g/mol. The molecule has 0 aliphatic rings. The van der Waals surface area contributed by atoms with E-state index in [-0.39, 0.29) is 0 Å². The molecule has 4 heteroatoms. The van der Waals surface area contributed by atoms with Crippen LogP contribution in [0.2, 0.25) is 0 Å². The van der Waals surface area contributed by atoms with Crippen LogP contribution in [0.4, 0.5) is 0 Å². The number of hydrogen-bond acceptors (Lipinski definition) is 4. The highest BCUT2D eigenvalue weighted by atomic mass is 15.1. The molecule has 95 valence electrons. The van der Waals surface area contributed by atoms with E-state index in [0.29, 0.717) is 13.1 Å². The van der Waals surface area contributed by atoms with Gasteiger partial charge < -0.3 is 11.5 Å². The molecule has 0 unspecified atom stereocenters. The summed E-state index contributed by atoms with van der Waals surface area (Å²) >= 11 is 0. The average Bonchev–Trinajstić information content (AvgIpc) is 2.39. The molecule has 1 rings (SSSR count). The number of nitrogens with two attached hydrogens (primary N) is 2. The molecule has 0 atom stereocenters. The van der Waals surface area contributed by atoms with E-state index < -0.39 is 0 Å². The summed E-state index contributed by atoms with van der Waals surface area (Å²) in [5.74, 6) is 0. The molecule has 6 N–H and O–H groups in total. The Labute approximate surface area is 104 Å². The maximum atomic E-state index is 5.48. The largest absolute Gasteiger partial charge is 0.329 e. The third-order valence-electron chi connectivity index (χ3n) is 2.47. The molecule has 0 saturated heterocycles. The van der Waals surface area contributed by atoms with Gasteiger partial charge in [-0.3, -0.25) is 10.6 Å². The molecular weight excluding hydrogens is 212 g/mol. The molecule has 1 radical (unpaired) electrons. The predicted molar refractivity (Wildman–Crippen MR) is 72.1 cm³/mol. The highest BCUT2D eigenvalue weighted by molar-refractivity contribution is 5.15. The van der Waals surface area contributed by atoms with Gasteiger partial charge in [0.1, 0.15) is 6.17 Å². The zero-order valence-corrected chi connectivity index (χ0v) is 10.3. The van der Waals surface area contributed by atoms with Crippen LogP contribution in [0, 0.1) is 6.17 Å². The van der Waals surface area contributed by atoms with Gasteiger partial charge in [-0.15, -0.1) is 0 Å². The van der Waals surface area contributed by atoms with E-state index in [1.807, 2.05) is 6.07 Å². The van der Waals surface area contributed by atoms with E-state index >= 15 is 0 Å². The van der Waals surface area contributed by atoms with Crippen molar-refractivity contribution >= 4 is 0 Å². The van der Waals surface area contributed by atoms with Crippen LogP contribution in [0.1, 0.15) is 12.0 Å². The van der Waals surface area contributed by atoms with Crippen LogP contribution in [-0.2, 0) is 6.42 Å². The SMILES string of the molecule is NCCN[C](CCc1ccccc1)NCCN. The zero-order valence-electron chi connectivity index (χ0n) is 10.3. The third-order valence-corrected chi connectivity index (χ3v) is 2.47. The first-order valence-corrected chi connectivity index (χ1v) is 6.14. The lowest BCUT2D eigenvalue weighted by atomic mass is 10.1. The summed E-state index contributed by atoms with van der Waals surface area (Å²) in [5, 5.41) is 6.60. The molecule has 0 fully saturated rings. The summed E-state index contributed by atoms with van der Waals surface area (Å²) in [6, 6.07) is 10.5. The number of hydrogen-bond donors (Lipinski definition) is 4. The minimum absolute atomic E-state index is 0.638. The van der Waals surface area contributed by atoms with Crippen LogP contribution in [0.25, 0.3) is 0 Å². The summed E-state index contributed by atoms with van der Waals surface area (Å²) in [5.41, 5.74) is 12.3. The minimum Gasteiger partial charge on any atom is -0.329 e. The van der Waals surface area contributed by atoms with Gasteiger partial charge in [0.2, 0.25) is 0 Å². The fourth-order valence-electron chi connectivity index (χ4n) is 1.60. The Bertz CT molecular complexity index is 268. The summed E-state index contributed by atoms with van der Waals surface area (Å²) in [4.78, 5) is 0. The van der Waals surface area contributed by atoms with E-state index in [4.69, 9.17) is 11.5 Å². The highest BCUT2D eigenvalue weighted by Gasteiger charge is 2.07. The molecule has 0 saturated carbocycles. The molecule has 0 amide bonds. The van der Waals surface area contributed by atoms with Crippen LogP contribution in [0.3, 0.4) is 0 Å². The van der Waals surface area contributed by atoms with Crippen LogP contribution in [0.5, 0.6) is 0 Å². The van der Waals surface area contributed by atoms with E-state index in [0.717, 1.165) is 32.1 Å². The lowest BCUT2D eigenvalue weighted by Gasteiger charge is -2.18. The molecule has 1 aromatic rings. The monoisotopic (exact) mass is 235 g/mol. The predicted octanol–water partition coefficient (Wildman–Crippen LogP) is 0.205. The molecule has 0 bridgehead atoms.